The maximum absolute atomic E-state index is 11.3. The van der Waals surface area contributed by atoms with Gasteiger partial charge in [0.05, 0.1) is 30.0 Å². The summed E-state index contributed by atoms with van der Waals surface area (Å²) in [6.07, 6.45) is 4.43. The van der Waals surface area contributed by atoms with Crippen LogP contribution in [0.4, 0.5) is 0 Å². The van der Waals surface area contributed by atoms with Crippen LogP contribution in [0, 0.1) is 12.8 Å². The van der Waals surface area contributed by atoms with Crippen molar-refractivity contribution in [3.05, 3.63) is 58.9 Å². The third-order valence-corrected chi connectivity index (χ3v) is 6.88. The highest BCUT2D eigenvalue weighted by Crippen LogP contribution is 2.36. The molecule has 2 aliphatic rings. The van der Waals surface area contributed by atoms with Crippen molar-refractivity contribution in [2.45, 2.75) is 32.4 Å². The van der Waals surface area contributed by atoms with Gasteiger partial charge in [-0.25, -0.2) is 9.78 Å². The van der Waals surface area contributed by atoms with Crippen LogP contribution in [0.1, 0.15) is 45.9 Å². The molecule has 7 nitrogen and oxygen atoms in total. The zero-order valence-corrected chi connectivity index (χ0v) is 18.7. The Hall–Kier alpha value is -2.90. The summed E-state index contributed by atoms with van der Waals surface area (Å²) in [7, 11) is 1.71. The molecule has 0 bridgehead atoms. The Kier molecular flexibility index (Phi) is 5.61. The molecule has 5 rings (SSSR count). The van der Waals surface area contributed by atoms with E-state index in [2.05, 4.69) is 32.8 Å². The third-order valence-electron chi connectivity index (χ3n) is 6.88. The van der Waals surface area contributed by atoms with Crippen LogP contribution in [0.5, 0.6) is 5.75 Å². The number of aromatic carboxylic acids is 1. The summed E-state index contributed by atoms with van der Waals surface area (Å²) in [6.45, 7) is 6.89. The maximum atomic E-state index is 11.3. The molecule has 1 aliphatic heterocycles. The van der Waals surface area contributed by atoms with E-state index in [9.17, 15) is 9.90 Å². The molecule has 1 atom stereocenters. The van der Waals surface area contributed by atoms with Gasteiger partial charge in [0.15, 0.2) is 0 Å². The highest BCUT2D eigenvalue weighted by atomic mass is 16.5. The van der Waals surface area contributed by atoms with E-state index in [0.717, 1.165) is 72.1 Å². The minimum atomic E-state index is -0.891. The smallest absolute Gasteiger partial charge is 0.335 e. The predicted molar refractivity (Wildman–Crippen MR) is 123 cm³/mol. The fourth-order valence-electron chi connectivity index (χ4n) is 4.90. The van der Waals surface area contributed by atoms with E-state index in [0.29, 0.717) is 5.56 Å². The zero-order valence-electron chi connectivity index (χ0n) is 18.7. The Morgan fingerprint density at radius 3 is 2.72 bits per heavy atom. The average Bonchev–Trinajstić information content (AvgIpc) is 3.47. The Morgan fingerprint density at radius 1 is 1.25 bits per heavy atom. The molecule has 3 aromatic rings. The van der Waals surface area contributed by atoms with Gasteiger partial charge in [-0.1, -0.05) is 12.1 Å². The second-order valence-corrected chi connectivity index (χ2v) is 9.12. The van der Waals surface area contributed by atoms with Gasteiger partial charge in [-0.3, -0.25) is 9.80 Å². The number of ether oxygens (including phenoxy) is 1. The molecule has 0 amide bonds. The molecule has 0 spiro atoms. The van der Waals surface area contributed by atoms with Gasteiger partial charge in [0.25, 0.3) is 0 Å². The maximum Gasteiger partial charge on any atom is 0.335 e. The Labute approximate surface area is 188 Å². The van der Waals surface area contributed by atoms with Crippen LogP contribution >= 0.6 is 0 Å². The number of rotatable bonds is 7. The summed E-state index contributed by atoms with van der Waals surface area (Å²) < 4.78 is 5.75. The number of hydrogen-bond acceptors (Lipinski definition) is 5. The number of methoxy groups -OCH3 is 1. The quantitative estimate of drug-likeness (QED) is 0.588. The Morgan fingerprint density at radius 2 is 2.03 bits per heavy atom. The molecule has 0 radical (unpaired) electrons. The summed E-state index contributed by atoms with van der Waals surface area (Å²) in [5.74, 6) is 0.817. The van der Waals surface area contributed by atoms with Crippen LogP contribution in [0.2, 0.25) is 0 Å². The summed E-state index contributed by atoms with van der Waals surface area (Å²) in [6, 6.07) is 9.64. The molecule has 2 fully saturated rings. The molecule has 0 unspecified atom stereocenters. The third kappa shape index (κ3) is 4.10. The Balaban J connectivity index is 1.47. The molecular weight excluding hydrogens is 404 g/mol. The van der Waals surface area contributed by atoms with E-state index in [1.165, 1.54) is 12.8 Å². The number of hydrogen-bond donors (Lipinski definition) is 2. The first-order valence-corrected chi connectivity index (χ1v) is 11.3. The molecule has 2 heterocycles. The van der Waals surface area contributed by atoms with Crippen LogP contribution < -0.4 is 4.74 Å². The number of carbonyl (C=O) groups is 1. The molecule has 1 aromatic heterocycles. The van der Waals surface area contributed by atoms with Crippen molar-refractivity contribution in [1.82, 2.24) is 19.8 Å². The highest BCUT2D eigenvalue weighted by molar-refractivity contribution is 5.87. The fourth-order valence-corrected chi connectivity index (χ4v) is 4.90. The number of aromatic amines is 1. The number of fused-ring (bicyclic) bond motifs is 1. The largest absolute Gasteiger partial charge is 0.496 e. The molecular formula is C25H30N4O3. The van der Waals surface area contributed by atoms with Gasteiger partial charge in [-0.05, 0) is 55.0 Å². The topological polar surface area (TPSA) is 81.7 Å². The van der Waals surface area contributed by atoms with Gasteiger partial charge in [0, 0.05) is 44.3 Å². The van der Waals surface area contributed by atoms with Crippen LogP contribution in [-0.2, 0) is 6.54 Å². The SMILES string of the molecule is COc1cc(C)c2[nH]cnc2c1CN1CCN(CC2CC2)C[C@H]1c1ccc(C(=O)O)cc1. The van der Waals surface area contributed by atoms with E-state index in [4.69, 9.17) is 4.74 Å². The van der Waals surface area contributed by atoms with Gasteiger partial charge < -0.3 is 14.8 Å². The summed E-state index contributed by atoms with van der Waals surface area (Å²) in [4.78, 5) is 24.3. The van der Waals surface area contributed by atoms with Crippen molar-refractivity contribution in [2.75, 3.05) is 33.3 Å². The first-order chi connectivity index (χ1) is 15.5. The number of imidazole rings is 1. The van der Waals surface area contributed by atoms with E-state index in [1.807, 2.05) is 12.1 Å². The molecule has 2 aromatic carbocycles. The standard InChI is InChI=1S/C25H30N4O3/c1-16-11-22(32-2)20(24-23(16)26-15-27-24)13-29-10-9-28(12-17-3-4-17)14-21(29)18-5-7-19(8-6-18)25(30)31/h5-8,11,15,17,21H,3-4,9-10,12-14H2,1-2H3,(H,26,27)(H,30,31)/t21-/m0/s1. The van der Waals surface area contributed by atoms with Crippen LogP contribution in [0.3, 0.4) is 0 Å². The lowest BCUT2D eigenvalue weighted by Crippen LogP contribution is -2.48. The van der Waals surface area contributed by atoms with E-state index in [-0.39, 0.29) is 6.04 Å². The number of nitrogens with zero attached hydrogens (tertiary/aromatic N) is 3. The summed E-state index contributed by atoms with van der Waals surface area (Å²) in [5, 5.41) is 9.30. The first kappa shape index (κ1) is 21.0. The second kappa shape index (κ2) is 8.56. The fraction of sp³-hybridized carbons (Fsp3) is 0.440. The minimum Gasteiger partial charge on any atom is -0.496 e. The number of benzene rings is 2. The van der Waals surface area contributed by atoms with Crippen molar-refractivity contribution < 1.29 is 14.6 Å². The number of carboxylic acid groups (broad SMARTS) is 1. The number of aryl methyl sites for hydroxylation is 1. The van der Waals surface area contributed by atoms with Gasteiger partial charge in [0.1, 0.15) is 5.75 Å². The lowest BCUT2D eigenvalue weighted by atomic mass is 9.99. The first-order valence-electron chi connectivity index (χ1n) is 11.3. The van der Waals surface area contributed by atoms with Crippen molar-refractivity contribution in [2.24, 2.45) is 5.92 Å². The summed E-state index contributed by atoms with van der Waals surface area (Å²) >= 11 is 0. The van der Waals surface area contributed by atoms with Gasteiger partial charge in [0.2, 0.25) is 0 Å². The van der Waals surface area contributed by atoms with Crippen LogP contribution in [0.15, 0.2) is 36.7 Å². The van der Waals surface area contributed by atoms with Crippen molar-refractivity contribution in [3.8, 4) is 5.75 Å². The molecule has 7 heteroatoms. The minimum absolute atomic E-state index is 0.186. The number of H-pyrrole nitrogens is 1. The van der Waals surface area contributed by atoms with Gasteiger partial charge in [-0.2, -0.15) is 0 Å². The van der Waals surface area contributed by atoms with Crippen molar-refractivity contribution >= 4 is 17.0 Å². The number of carboxylic acids is 1. The second-order valence-electron chi connectivity index (χ2n) is 9.12. The van der Waals surface area contributed by atoms with Crippen molar-refractivity contribution in [1.29, 1.82) is 0 Å². The molecule has 1 saturated carbocycles. The zero-order chi connectivity index (χ0) is 22.2. The predicted octanol–water partition coefficient (Wildman–Crippen LogP) is 3.85. The monoisotopic (exact) mass is 434 g/mol. The van der Waals surface area contributed by atoms with E-state index >= 15 is 0 Å². The van der Waals surface area contributed by atoms with E-state index in [1.54, 1.807) is 25.6 Å². The Bertz CT molecular complexity index is 1120. The lowest BCUT2D eigenvalue weighted by Gasteiger charge is -2.42. The molecule has 1 saturated heterocycles. The molecule has 2 N–H and O–H groups in total. The van der Waals surface area contributed by atoms with Crippen LogP contribution in [-0.4, -0.2) is 64.1 Å². The van der Waals surface area contributed by atoms with Crippen LogP contribution in [0.25, 0.3) is 11.0 Å². The van der Waals surface area contributed by atoms with Crippen molar-refractivity contribution in [3.63, 3.8) is 0 Å². The molecule has 1 aliphatic carbocycles. The lowest BCUT2D eigenvalue weighted by molar-refractivity contribution is 0.0648. The molecule has 32 heavy (non-hydrogen) atoms. The normalized spacial score (nSPS) is 20.0. The number of aromatic nitrogens is 2. The van der Waals surface area contributed by atoms with Gasteiger partial charge >= 0.3 is 5.97 Å². The number of piperazine rings is 1. The van der Waals surface area contributed by atoms with Gasteiger partial charge in [-0.15, -0.1) is 0 Å². The number of nitrogens with one attached hydrogen (secondary N) is 1. The highest BCUT2D eigenvalue weighted by Gasteiger charge is 2.33. The average molecular weight is 435 g/mol. The molecule has 168 valence electrons. The summed E-state index contributed by atoms with van der Waals surface area (Å²) in [5.41, 5.74) is 5.70. The van der Waals surface area contributed by atoms with E-state index < -0.39 is 5.97 Å².